The van der Waals surface area contributed by atoms with Gasteiger partial charge in [-0.15, -0.1) is 0 Å². The largest absolute Gasteiger partial charge is 0.392 e. The summed E-state index contributed by atoms with van der Waals surface area (Å²) in [7, 11) is 2.18. The van der Waals surface area contributed by atoms with Crippen molar-refractivity contribution in [2.45, 2.75) is 56.2 Å². The molecule has 0 aromatic rings. The average molecular weight is 324 g/mol. The fraction of sp³-hybridized carbons (Fsp3) is 0.941. The zero-order valence-electron chi connectivity index (χ0n) is 14.4. The van der Waals surface area contributed by atoms with Crippen molar-refractivity contribution < 1.29 is 9.90 Å². The van der Waals surface area contributed by atoms with E-state index < -0.39 is 0 Å². The molecular formula is C17H32N4O2. The number of piperidine rings is 2. The first-order valence-electron chi connectivity index (χ1n) is 9.22. The number of nitrogens with one attached hydrogen (secondary N) is 2. The number of β-amino-alcohol motifs (C(OH)–C–C–N with tert-alkyl or cyclic N) is 1. The van der Waals surface area contributed by atoms with Gasteiger partial charge in [-0.2, -0.15) is 0 Å². The molecule has 3 fully saturated rings. The highest BCUT2D eigenvalue weighted by atomic mass is 16.3. The summed E-state index contributed by atoms with van der Waals surface area (Å²) in [5.74, 6) is 0.0527. The molecule has 6 heteroatoms. The Bertz CT molecular complexity index is 403. The van der Waals surface area contributed by atoms with Gasteiger partial charge in [-0.05, 0) is 65.3 Å². The predicted octanol–water partition coefficient (Wildman–Crippen LogP) is -0.224. The van der Waals surface area contributed by atoms with Crippen molar-refractivity contribution in [1.29, 1.82) is 0 Å². The number of aliphatic hydroxyl groups is 1. The van der Waals surface area contributed by atoms with Gasteiger partial charge in [0.25, 0.3) is 0 Å². The molecule has 6 nitrogen and oxygen atoms in total. The Morgan fingerprint density at radius 2 is 1.91 bits per heavy atom. The minimum atomic E-state index is -0.384. The number of nitrogens with zero attached hydrogens (tertiary/aromatic N) is 2. The predicted molar refractivity (Wildman–Crippen MR) is 90.3 cm³/mol. The molecule has 2 atom stereocenters. The summed E-state index contributed by atoms with van der Waals surface area (Å²) in [4.78, 5) is 17.4. The minimum Gasteiger partial charge on any atom is -0.392 e. The maximum absolute atomic E-state index is 12.4. The number of amides is 1. The van der Waals surface area contributed by atoms with Gasteiger partial charge in [-0.3, -0.25) is 9.69 Å². The molecule has 3 aliphatic heterocycles. The third-order valence-corrected chi connectivity index (χ3v) is 5.96. The van der Waals surface area contributed by atoms with Crippen LogP contribution in [0.4, 0.5) is 0 Å². The van der Waals surface area contributed by atoms with Crippen LogP contribution >= 0.6 is 0 Å². The first kappa shape index (κ1) is 17.1. The Morgan fingerprint density at radius 1 is 1.22 bits per heavy atom. The molecule has 0 bridgehead atoms. The molecular weight excluding hydrogens is 292 g/mol. The van der Waals surface area contributed by atoms with Gasteiger partial charge >= 0.3 is 0 Å². The summed E-state index contributed by atoms with van der Waals surface area (Å²) in [6.07, 6.45) is 6.30. The highest BCUT2D eigenvalue weighted by Gasteiger charge is 2.40. The van der Waals surface area contributed by atoms with Gasteiger partial charge in [0, 0.05) is 18.6 Å². The maximum atomic E-state index is 12.4. The monoisotopic (exact) mass is 324 g/mol. The Labute approximate surface area is 139 Å². The van der Waals surface area contributed by atoms with Crippen LogP contribution in [0.15, 0.2) is 0 Å². The molecule has 1 amide bonds. The van der Waals surface area contributed by atoms with E-state index in [9.17, 15) is 9.90 Å². The zero-order valence-corrected chi connectivity index (χ0v) is 14.4. The lowest BCUT2D eigenvalue weighted by Crippen LogP contribution is -2.62. The van der Waals surface area contributed by atoms with E-state index in [0.717, 1.165) is 32.5 Å². The van der Waals surface area contributed by atoms with Crippen molar-refractivity contribution in [3.63, 3.8) is 0 Å². The third kappa shape index (κ3) is 4.05. The van der Waals surface area contributed by atoms with Crippen LogP contribution in [-0.4, -0.2) is 84.8 Å². The summed E-state index contributed by atoms with van der Waals surface area (Å²) in [6, 6.07) is -0.227. The summed E-state index contributed by atoms with van der Waals surface area (Å²) in [5, 5.41) is 15.9. The average Bonchev–Trinajstić information content (AvgIpc) is 3.02. The van der Waals surface area contributed by atoms with E-state index in [4.69, 9.17) is 0 Å². The fourth-order valence-electron chi connectivity index (χ4n) is 4.30. The second-order valence-electron chi connectivity index (χ2n) is 7.64. The molecule has 0 spiro atoms. The summed E-state index contributed by atoms with van der Waals surface area (Å²) in [6.45, 7) is 5.81. The van der Waals surface area contributed by atoms with Crippen LogP contribution in [0.2, 0.25) is 0 Å². The molecule has 132 valence electrons. The molecule has 0 radical (unpaired) electrons. The Kier molecular flexibility index (Phi) is 5.57. The lowest BCUT2D eigenvalue weighted by atomic mass is 9.84. The Balaban J connectivity index is 1.60. The van der Waals surface area contributed by atoms with Crippen LogP contribution in [-0.2, 0) is 4.79 Å². The molecule has 3 saturated heterocycles. The van der Waals surface area contributed by atoms with Gasteiger partial charge in [0.05, 0.1) is 12.1 Å². The second kappa shape index (κ2) is 7.47. The van der Waals surface area contributed by atoms with Crippen molar-refractivity contribution >= 4 is 5.91 Å². The molecule has 23 heavy (non-hydrogen) atoms. The highest BCUT2D eigenvalue weighted by Crippen LogP contribution is 2.30. The van der Waals surface area contributed by atoms with Crippen LogP contribution in [0, 0.1) is 0 Å². The lowest BCUT2D eigenvalue weighted by molar-refractivity contribution is -0.124. The van der Waals surface area contributed by atoms with E-state index in [-0.39, 0.29) is 23.6 Å². The molecule has 2 unspecified atom stereocenters. The Hall–Kier alpha value is -0.690. The van der Waals surface area contributed by atoms with Crippen LogP contribution in [0.5, 0.6) is 0 Å². The number of rotatable bonds is 4. The standard InChI is InChI=1S/C17H32N4O2/c1-20-9-5-17(6-10-20,21-7-3-2-4-8-21)13-19-16(23)15-11-14(22)12-18-15/h14-15,18,22H,2-13H2,1H3,(H,19,23). The van der Waals surface area contributed by atoms with E-state index >= 15 is 0 Å². The molecule has 0 aromatic carbocycles. The molecule has 3 aliphatic rings. The number of carbonyl (C=O) groups is 1. The first-order valence-corrected chi connectivity index (χ1v) is 9.22. The molecule has 0 saturated carbocycles. The van der Waals surface area contributed by atoms with E-state index in [1.165, 1.54) is 32.4 Å². The van der Waals surface area contributed by atoms with Crippen molar-refractivity contribution in [3.8, 4) is 0 Å². The van der Waals surface area contributed by atoms with Crippen molar-refractivity contribution in [2.24, 2.45) is 0 Å². The van der Waals surface area contributed by atoms with Crippen LogP contribution in [0.3, 0.4) is 0 Å². The number of likely N-dealkylation sites (tertiary alicyclic amines) is 2. The zero-order chi connectivity index (χ0) is 16.3. The third-order valence-electron chi connectivity index (χ3n) is 5.96. The maximum Gasteiger partial charge on any atom is 0.237 e. The van der Waals surface area contributed by atoms with Crippen molar-refractivity contribution in [2.75, 3.05) is 46.3 Å². The van der Waals surface area contributed by atoms with E-state index in [1.54, 1.807) is 0 Å². The highest BCUT2D eigenvalue weighted by molar-refractivity contribution is 5.82. The van der Waals surface area contributed by atoms with E-state index in [1.807, 2.05) is 0 Å². The normalized spacial score (nSPS) is 32.8. The van der Waals surface area contributed by atoms with Gasteiger partial charge in [-0.25, -0.2) is 0 Å². The Morgan fingerprint density at radius 3 is 2.52 bits per heavy atom. The van der Waals surface area contributed by atoms with Crippen LogP contribution < -0.4 is 10.6 Å². The minimum absolute atomic E-state index is 0.0527. The molecule has 3 rings (SSSR count). The van der Waals surface area contributed by atoms with Gasteiger partial charge in [0.1, 0.15) is 0 Å². The summed E-state index contributed by atoms with van der Waals surface area (Å²) in [5.41, 5.74) is 0.125. The smallest absolute Gasteiger partial charge is 0.237 e. The summed E-state index contributed by atoms with van der Waals surface area (Å²) < 4.78 is 0. The van der Waals surface area contributed by atoms with Gasteiger partial charge in [0.15, 0.2) is 0 Å². The van der Waals surface area contributed by atoms with Crippen LogP contribution in [0.25, 0.3) is 0 Å². The van der Waals surface area contributed by atoms with Gasteiger partial charge < -0.3 is 20.6 Å². The molecule has 3 N–H and O–H groups in total. The molecule has 0 aromatic heterocycles. The molecule has 0 aliphatic carbocycles. The SMILES string of the molecule is CN1CCC(CNC(=O)C2CC(O)CN2)(N2CCCCC2)CC1. The van der Waals surface area contributed by atoms with Crippen molar-refractivity contribution in [3.05, 3.63) is 0 Å². The topological polar surface area (TPSA) is 67.8 Å². The van der Waals surface area contributed by atoms with E-state index in [0.29, 0.717) is 13.0 Å². The second-order valence-corrected chi connectivity index (χ2v) is 7.64. The number of aliphatic hydroxyl groups excluding tert-OH is 1. The van der Waals surface area contributed by atoms with E-state index in [2.05, 4.69) is 27.5 Å². The quantitative estimate of drug-likeness (QED) is 0.667. The summed E-state index contributed by atoms with van der Waals surface area (Å²) >= 11 is 0. The van der Waals surface area contributed by atoms with Gasteiger partial charge in [0.2, 0.25) is 5.91 Å². The molecule has 3 heterocycles. The fourth-order valence-corrected chi connectivity index (χ4v) is 4.30. The van der Waals surface area contributed by atoms with Gasteiger partial charge in [-0.1, -0.05) is 6.42 Å². The van der Waals surface area contributed by atoms with Crippen LogP contribution in [0.1, 0.15) is 38.5 Å². The number of hydrogen-bond acceptors (Lipinski definition) is 5. The lowest BCUT2D eigenvalue weighted by Gasteiger charge is -2.50. The number of hydrogen-bond donors (Lipinski definition) is 3. The number of carbonyl (C=O) groups excluding carboxylic acids is 1. The van der Waals surface area contributed by atoms with Crippen molar-refractivity contribution in [1.82, 2.24) is 20.4 Å². The first-order chi connectivity index (χ1) is 11.1.